The molecule has 1 saturated heterocycles. The molecule has 0 aliphatic carbocycles. The van der Waals surface area contributed by atoms with E-state index < -0.39 is 0 Å². The van der Waals surface area contributed by atoms with Crippen molar-refractivity contribution in [3.8, 4) is 5.75 Å². The van der Waals surface area contributed by atoms with Crippen LogP contribution >= 0.6 is 11.3 Å². The lowest BCUT2D eigenvalue weighted by Gasteiger charge is -2.39. The van der Waals surface area contributed by atoms with Crippen molar-refractivity contribution in [3.63, 3.8) is 0 Å². The molecule has 2 aromatic heterocycles. The Kier molecular flexibility index (Phi) is 4.42. The van der Waals surface area contributed by atoms with Gasteiger partial charge >= 0.3 is 0 Å². The molecular formula is C19H22N4O2S. The van der Waals surface area contributed by atoms with Gasteiger partial charge in [0.05, 0.1) is 25.0 Å². The van der Waals surface area contributed by atoms with Gasteiger partial charge in [-0.1, -0.05) is 6.07 Å². The molecule has 1 aliphatic heterocycles. The van der Waals surface area contributed by atoms with Crippen LogP contribution in [-0.2, 0) is 11.3 Å². The second-order valence-electron chi connectivity index (χ2n) is 6.68. The van der Waals surface area contributed by atoms with Crippen molar-refractivity contribution in [2.24, 2.45) is 0 Å². The van der Waals surface area contributed by atoms with Crippen LogP contribution in [0.5, 0.6) is 5.75 Å². The normalized spacial score (nSPS) is 18.7. The number of amides is 1. The quantitative estimate of drug-likeness (QED) is 0.709. The lowest BCUT2D eigenvalue weighted by Crippen LogP contribution is -2.55. The fourth-order valence-electron chi connectivity index (χ4n) is 3.66. The van der Waals surface area contributed by atoms with Crippen LogP contribution in [0.25, 0.3) is 4.96 Å². The van der Waals surface area contributed by atoms with Gasteiger partial charge in [0.15, 0.2) is 4.96 Å². The van der Waals surface area contributed by atoms with Crippen molar-refractivity contribution >= 4 is 27.9 Å². The number of hydrogen-bond acceptors (Lipinski definition) is 5. The van der Waals surface area contributed by atoms with Crippen molar-refractivity contribution in [3.05, 3.63) is 47.2 Å². The first-order valence-corrected chi connectivity index (χ1v) is 9.54. The molecule has 0 saturated carbocycles. The van der Waals surface area contributed by atoms with Gasteiger partial charge in [-0.3, -0.25) is 14.1 Å². The van der Waals surface area contributed by atoms with Gasteiger partial charge in [-0.2, -0.15) is 0 Å². The van der Waals surface area contributed by atoms with Gasteiger partial charge in [0.1, 0.15) is 5.75 Å². The number of imidazole rings is 1. The highest BCUT2D eigenvalue weighted by Crippen LogP contribution is 2.26. The molecule has 0 N–H and O–H groups in total. The van der Waals surface area contributed by atoms with Crippen molar-refractivity contribution in [2.75, 3.05) is 25.1 Å². The van der Waals surface area contributed by atoms with Crippen LogP contribution < -0.4 is 9.64 Å². The highest BCUT2D eigenvalue weighted by Gasteiger charge is 2.31. The molecule has 0 bridgehead atoms. The smallest absolute Gasteiger partial charge is 0.241 e. The molecule has 1 fully saturated rings. The number of aryl methyl sites for hydroxylation is 1. The Hall–Kier alpha value is -2.38. The molecule has 3 heterocycles. The molecular weight excluding hydrogens is 348 g/mol. The molecule has 1 amide bonds. The zero-order valence-corrected chi connectivity index (χ0v) is 16.0. The van der Waals surface area contributed by atoms with Crippen LogP contribution in [0.2, 0.25) is 0 Å². The van der Waals surface area contributed by atoms with Gasteiger partial charge in [-0.15, -0.1) is 11.3 Å². The second-order valence-corrected chi connectivity index (χ2v) is 7.56. The van der Waals surface area contributed by atoms with Crippen LogP contribution in [0.4, 0.5) is 5.69 Å². The molecule has 3 aromatic rings. The number of carbonyl (C=O) groups is 1. The summed E-state index contributed by atoms with van der Waals surface area (Å²) in [6.07, 6.45) is 2.05. The van der Waals surface area contributed by atoms with Crippen molar-refractivity contribution < 1.29 is 9.53 Å². The van der Waals surface area contributed by atoms with E-state index in [9.17, 15) is 4.79 Å². The number of fused-ring (bicyclic) bond motifs is 1. The number of piperazine rings is 1. The minimum Gasteiger partial charge on any atom is -0.497 e. The zero-order chi connectivity index (χ0) is 18.3. The number of nitrogens with zero attached hydrogens (tertiary/aromatic N) is 4. The maximum absolute atomic E-state index is 12.9. The third kappa shape index (κ3) is 2.97. The maximum Gasteiger partial charge on any atom is 0.241 e. The first kappa shape index (κ1) is 17.1. The largest absolute Gasteiger partial charge is 0.497 e. The molecule has 26 heavy (non-hydrogen) atoms. The van der Waals surface area contributed by atoms with Gasteiger partial charge in [-0.25, -0.2) is 4.98 Å². The van der Waals surface area contributed by atoms with E-state index in [-0.39, 0.29) is 11.9 Å². The van der Waals surface area contributed by atoms with E-state index in [0.717, 1.165) is 40.9 Å². The van der Waals surface area contributed by atoms with Crippen LogP contribution in [0.15, 0.2) is 35.8 Å². The highest BCUT2D eigenvalue weighted by atomic mass is 32.1. The monoisotopic (exact) mass is 370 g/mol. The Morgan fingerprint density at radius 3 is 3.00 bits per heavy atom. The average molecular weight is 370 g/mol. The van der Waals surface area contributed by atoms with Gasteiger partial charge in [0.25, 0.3) is 0 Å². The van der Waals surface area contributed by atoms with Crippen molar-refractivity contribution in [1.29, 1.82) is 0 Å². The maximum atomic E-state index is 12.9. The van der Waals surface area contributed by atoms with Crippen LogP contribution in [-0.4, -0.2) is 46.4 Å². The second kappa shape index (κ2) is 6.74. The fourth-order valence-corrected chi connectivity index (χ4v) is 4.43. The van der Waals surface area contributed by atoms with E-state index in [4.69, 9.17) is 4.74 Å². The third-order valence-corrected chi connectivity index (χ3v) is 5.61. The fraction of sp³-hybridized carbons (Fsp3) is 0.368. The van der Waals surface area contributed by atoms with E-state index in [2.05, 4.69) is 21.2 Å². The number of rotatable bonds is 4. The molecule has 1 aromatic carbocycles. The Morgan fingerprint density at radius 1 is 1.38 bits per heavy atom. The molecule has 1 atom stereocenters. The molecule has 7 heteroatoms. The number of hydrogen-bond donors (Lipinski definition) is 0. The summed E-state index contributed by atoms with van der Waals surface area (Å²) in [4.78, 5) is 22.6. The summed E-state index contributed by atoms with van der Waals surface area (Å²) in [5.41, 5.74) is 3.09. The number of benzene rings is 1. The van der Waals surface area contributed by atoms with Gasteiger partial charge < -0.3 is 9.64 Å². The Balaban J connectivity index is 1.54. The first-order chi connectivity index (χ1) is 12.6. The number of anilines is 1. The van der Waals surface area contributed by atoms with Crippen LogP contribution in [0.1, 0.15) is 18.3 Å². The summed E-state index contributed by atoms with van der Waals surface area (Å²) in [6.45, 7) is 6.07. The van der Waals surface area contributed by atoms with E-state index in [1.807, 2.05) is 47.7 Å². The number of aromatic nitrogens is 2. The molecule has 1 aliphatic rings. The summed E-state index contributed by atoms with van der Waals surface area (Å²) in [5, 5.41) is 2.04. The Bertz CT molecular complexity index is 948. The molecule has 0 unspecified atom stereocenters. The van der Waals surface area contributed by atoms with Crippen LogP contribution in [0.3, 0.4) is 0 Å². The van der Waals surface area contributed by atoms with E-state index in [1.54, 1.807) is 18.4 Å². The van der Waals surface area contributed by atoms with Crippen molar-refractivity contribution in [1.82, 2.24) is 14.3 Å². The molecule has 4 rings (SSSR count). The van der Waals surface area contributed by atoms with E-state index >= 15 is 0 Å². The third-order valence-electron chi connectivity index (χ3n) is 4.86. The predicted molar refractivity (Wildman–Crippen MR) is 103 cm³/mol. The van der Waals surface area contributed by atoms with E-state index in [0.29, 0.717) is 6.54 Å². The minimum absolute atomic E-state index is 0.0922. The van der Waals surface area contributed by atoms with Gasteiger partial charge in [0.2, 0.25) is 5.91 Å². The number of thiazole rings is 1. The summed E-state index contributed by atoms with van der Waals surface area (Å²) in [7, 11) is 1.64. The van der Waals surface area contributed by atoms with Gasteiger partial charge in [0, 0.05) is 42.5 Å². The Labute approximate surface area is 156 Å². The first-order valence-electron chi connectivity index (χ1n) is 8.66. The number of carbonyl (C=O) groups excluding carboxylic acids is 1. The average Bonchev–Trinajstić information content (AvgIpc) is 3.17. The zero-order valence-electron chi connectivity index (χ0n) is 15.2. The summed E-state index contributed by atoms with van der Waals surface area (Å²) in [6, 6.07) is 7.78. The van der Waals surface area contributed by atoms with Crippen LogP contribution in [0, 0.1) is 6.92 Å². The Morgan fingerprint density at radius 2 is 2.23 bits per heavy atom. The molecule has 0 spiro atoms. The SMILES string of the molecule is COc1cccc(N2C(=O)CN(Cc3c(C)nc4sccn34)C[C@@H]2C)c1. The lowest BCUT2D eigenvalue weighted by atomic mass is 10.1. The number of ether oxygens (including phenoxy) is 1. The lowest BCUT2D eigenvalue weighted by molar-refractivity contribution is -0.122. The highest BCUT2D eigenvalue weighted by molar-refractivity contribution is 7.15. The molecule has 136 valence electrons. The van der Waals surface area contributed by atoms with E-state index in [1.165, 1.54) is 0 Å². The minimum atomic E-state index is 0.0922. The molecule has 0 radical (unpaired) electrons. The topological polar surface area (TPSA) is 50.1 Å². The van der Waals surface area contributed by atoms with Gasteiger partial charge in [-0.05, 0) is 26.0 Å². The summed E-state index contributed by atoms with van der Waals surface area (Å²) in [5.74, 6) is 0.875. The van der Waals surface area contributed by atoms with Crippen molar-refractivity contribution in [2.45, 2.75) is 26.4 Å². The summed E-state index contributed by atoms with van der Waals surface area (Å²) >= 11 is 1.63. The number of methoxy groups -OCH3 is 1. The predicted octanol–water partition coefficient (Wildman–Crippen LogP) is 2.95. The standard InChI is InChI=1S/C19H22N4O2S/c1-13-10-21(11-17-14(2)20-19-22(17)7-8-26-19)12-18(24)23(13)15-5-4-6-16(9-15)25-3/h4-9,13H,10-12H2,1-3H3/t13-/m0/s1. The summed E-state index contributed by atoms with van der Waals surface area (Å²) < 4.78 is 7.43. The molecule has 6 nitrogen and oxygen atoms in total.